The van der Waals surface area contributed by atoms with Crippen LogP contribution in [0, 0.1) is 0 Å². The Kier molecular flexibility index (Phi) is 7.62. The van der Waals surface area contributed by atoms with E-state index in [1.807, 2.05) is 18.3 Å². The van der Waals surface area contributed by atoms with Crippen LogP contribution in [-0.2, 0) is 24.1 Å². The normalized spacial score (nSPS) is 11.7. The van der Waals surface area contributed by atoms with Gasteiger partial charge in [-0.25, -0.2) is 9.98 Å². The van der Waals surface area contributed by atoms with Gasteiger partial charge in [-0.15, -0.1) is 11.3 Å². The maximum atomic E-state index is 5.33. The highest BCUT2D eigenvalue weighted by Crippen LogP contribution is 2.13. The van der Waals surface area contributed by atoms with Crippen LogP contribution in [0.5, 0.6) is 0 Å². The summed E-state index contributed by atoms with van der Waals surface area (Å²) in [4.78, 5) is 10.3. The average Bonchev–Trinajstić information content (AvgIpc) is 3.23. The molecule has 2 N–H and O–H groups in total. The van der Waals surface area contributed by atoms with E-state index in [4.69, 9.17) is 9.15 Å². The lowest BCUT2D eigenvalue weighted by Crippen LogP contribution is -2.40. The van der Waals surface area contributed by atoms with E-state index in [1.54, 1.807) is 24.7 Å². The van der Waals surface area contributed by atoms with Crippen molar-refractivity contribution in [2.75, 3.05) is 26.8 Å². The number of furan rings is 1. The zero-order chi connectivity index (χ0) is 16.3. The van der Waals surface area contributed by atoms with Gasteiger partial charge in [-0.1, -0.05) is 6.92 Å². The molecule has 6 nitrogen and oxygen atoms in total. The number of hydrogen-bond donors (Lipinski definition) is 2. The summed E-state index contributed by atoms with van der Waals surface area (Å²) < 4.78 is 10.4. The Morgan fingerprint density at radius 3 is 2.96 bits per heavy atom. The van der Waals surface area contributed by atoms with Gasteiger partial charge in [-0.2, -0.15) is 0 Å². The number of aryl methyl sites for hydroxylation is 1. The molecule has 0 amide bonds. The van der Waals surface area contributed by atoms with Crippen LogP contribution in [0.2, 0.25) is 0 Å². The minimum absolute atomic E-state index is 0.577. The summed E-state index contributed by atoms with van der Waals surface area (Å²) in [5, 5.41) is 7.59. The summed E-state index contributed by atoms with van der Waals surface area (Å²) in [7, 11) is 1.69. The van der Waals surface area contributed by atoms with Crippen LogP contribution in [-0.4, -0.2) is 37.7 Å². The number of thiazole rings is 1. The molecule has 7 heteroatoms. The Labute approximate surface area is 141 Å². The molecule has 0 atom stereocenters. The maximum absolute atomic E-state index is 5.33. The summed E-state index contributed by atoms with van der Waals surface area (Å²) in [5.41, 5.74) is 0. The van der Waals surface area contributed by atoms with E-state index in [0.29, 0.717) is 19.7 Å². The molecule has 0 saturated heterocycles. The fourth-order valence-electron chi connectivity index (χ4n) is 1.94. The van der Waals surface area contributed by atoms with Gasteiger partial charge in [0, 0.05) is 37.7 Å². The molecular weight excluding hydrogens is 312 g/mol. The van der Waals surface area contributed by atoms with Crippen LogP contribution in [0.1, 0.15) is 22.6 Å². The van der Waals surface area contributed by atoms with E-state index in [9.17, 15) is 0 Å². The van der Waals surface area contributed by atoms with Crippen LogP contribution >= 0.6 is 11.3 Å². The molecule has 0 radical (unpaired) electrons. The van der Waals surface area contributed by atoms with E-state index >= 15 is 0 Å². The Morgan fingerprint density at radius 1 is 1.39 bits per heavy atom. The summed E-state index contributed by atoms with van der Waals surface area (Å²) in [6.07, 6.45) is 5.45. The first-order chi connectivity index (χ1) is 11.3. The Morgan fingerprint density at radius 2 is 2.26 bits per heavy atom. The highest BCUT2D eigenvalue weighted by molar-refractivity contribution is 7.11. The summed E-state index contributed by atoms with van der Waals surface area (Å²) in [6.45, 7) is 4.81. The number of nitrogens with one attached hydrogen (secondary N) is 2. The van der Waals surface area contributed by atoms with Crippen LogP contribution in [0.25, 0.3) is 0 Å². The van der Waals surface area contributed by atoms with E-state index in [2.05, 4.69) is 27.5 Å². The molecule has 0 fully saturated rings. The van der Waals surface area contributed by atoms with Crippen LogP contribution < -0.4 is 10.6 Å². The van der Waals surface area contributed by atoms with Gasteiger partial charge in [-0.3, -0.25) is 0 Å². The van der Waals surface area contributed by atoms with Gasteiger partial charge in [0.2, 0.25) is 0 Å². The number of guanidine groups is 1. The third-order valence-corrected chi connectivity index (χ3v) is 4.29. The smallest absolute Gasteiger partial charge is 0.191 e. The first-order valence-corrected chi connectivity index (χ1v) is 8.60. The largest absolute Gasteiger partial charge is 0.469 e. The molecule has 23 heavy (non-hydrogen) atoms. The number of hydrogen-bond acceptors (Lipinski definition) is 5. The second-order valence-electron chi connectivity index (χ2n) is 4.91. The second-order valence-corrected chi connectivity index (χ2v) is 6.11. The van der Waals surface area contributed by atoms with Crippen molar-refractivity contribution in [2.24, 2.45) is 4.99 Å². The molecule has 0 aliphatic carbocycles. The fourth-order valence-corrected chi connectivity index (χ4v) is 2.72. The SMILES string of the molecule is CCc1cnc(CN=C(NCCOC)NCCc2ccco2)s1. The first kappa shape index (κ1) is 17.5. The Hall–Kier alpha value is -1.86. The molecule has 2 heterocycles. The molecule has 0 bridgehead atoms. The van der Waals surface area contributed by atoms with Crippen LogP contribution in [0.4, 0.5) is 0 Å². The molecule has 0 aliphatic rings. The summed E-state index contributed by atoms with van der Waals surface area (Å²) >= 11 is 1.71. The zero-order valence-corrected chi connectivity index (χ0v) is 14.5. The van der Waals surface area contributed by atoms with E-state index in [1.165, 1.54) is 4.88 Å². The van der Waals surface area contributed by atoms with Gasteiger partial charge in [0.25, 0.3) is 0 Å². The molecular formula is C16H24N4O2S. The predicted molar refractivity (Wildman–Crippen MR) is 92.9 cm³/mol. The lowest BCUT2D eigenvalue weighted by atomic mass is 10.3. The number of ether oxygens (including phenoxy) is 1. The van der Waals surface area contributed by atoms with E-state index < -0.39 is 0 Å². The lowest BCUT2D eigenvalue weighted by Gasteiger charge is -2.11. The van der Waals surface area contributed by atoms with Gasteiger partial charge in [0.15, 0.2) is 5.96 Å². The highest BCUT2D eigenvalue weighted by Gasteiger charge is 2.03. The molecule has 0 spiro atoms. The van der Waals surface area contributed by atoms with Crippen molar-refractivity contribution in [3.8, 4) is 0 Å². The number of aliphatic imine (C=N–C) groups is 1. The number of nitrogens with zero attached hydrogens (tertiary/aromatic N) is 2. The maximum Gasteiger partial charge on any atom is 0.191 e. The molecule has 0 aliphatic heterocycles. The number of aromatic nitrogens is 1. The van der Waals surface area contributed by atoms with Gasteiger partial charge >= 0.3 is 0 Å². The third-order valence-electron chi connectivity index (χ3n) is 3.16. The predicted octanol–water partition coefficient (Wildman–Crippen LogP) is 2.22. The van der Waals surface area contributed by atoms with Crippen molar-refractivity contribution in [2.45, 2.75) is 26.3 Å². The van der Waals surface area contributed by atoms with Crippen molar-refractivity contribution in [1.29, 1.82) is 0 Å². The molecule has 126 valence electrons. The highest BCUT2D eigenvalue weighted by atomic mass is 32.1. The third kappa shape index (κ3) is 6.42. The van der Waals surface area contributed by atoms with Crippen molar-refractivity contribution in [3.63, 3.8) is 0 Å². The minimum atomic E-state index is 0.577. The van der Waals surface area contributed by atoms with Gasteiger partial charge in [0.05, 0.1) is 19.4 Å². The monoisotopic (exact) mass is 336 g/mol. The number of methoxy groups -OCH3 is 1. The molecule has 0 aromatic carbocycles. The second kappa shape index (κ2) is 10.0. The number of rotatable bonds is 9. The molecule has 0 unspecified atom stereocenters. The van der Waals surface area contributed by atoms with Gasteiger partial charge in [-0.05, 0) is 18.6 Å². The fraction of sp³-hybridized carbons (Fsp3) is 0.500. The van der Waals surface area contributed by atoms with Crippen molar-refractivity contribution < 1.29 is 9.15 Å². The first-order valence-electron chi connectivity index (χ1n) is 7.79. The summed E-state index contributed by atoms with van der Waals surface area (Å²) in [6, 6.07) is 3.87. The lowest BCUT2D eigenvalue weighted by molar-refractivity contribution is 0.203. The van der Waals surface area contributed by atoms with E-state index in [0.717, 1.165) is 36.1 Å². The Balaban J connectivity index is 1.85. The Bertz CT molecular complexity index is 581. The standard InChI is InChI=1S/C16H24N4O2S/c1-3-14-11-19-15(23-14)12-20-16(18-8-10-21-2)17-7-6-13-5-4-9-22-13/h4-5,9,11H,3,6-8,10,12H2,1-2H3,(H2,17,18,20). The van der Waals surface area contributed by atoms with Crippen LogP contribution in [0.3, 0.4) is 0 Å². The van der Waals surface area contributed by atoms with Crippen LogP contribution in [0.15, 0.2) is 34.0 Å². The van der Waals surface area contributed by atoms with E-state index in [-0.39, 0.29) is 0 Å². The molecule has 0 saturated carbocycles. The molecule has 2 aromatic rings. The minimum Gasteiger partial charge on any atom is -0.469 e. The van der Waals surface area contributed by atoms with Crippen molar-refractivity contribution in [3.05, 3.63) is 40.2 Å². The zero-order valence-electron chi connectivity index (χ0n) is 13.7. The van der Waals surface area contributed by atoms with Gasteiger partial charge in [0.1, 0.15) is 10.8 Å². The molecule has 2 rings (SSSR count). The average molecular weight is 336 g/mol. The summed E-state index contributed by atoms with van der Waals surface area (Å²) in [5.74, 6) is 1.73. The molecule has 2 aromatic heterocycles. The quantitative estimate of drug-likeness (QED) is 0.417. The topological polar surface area (TPSA) is 71.7 Å². The van der Waals surface area contributed by atoms with Gasteiger partial charge < -0.3 is 19.8 Å². The van der Waals surface area contributed by atoms with Crippen molar-refractivity contribution >= 4 is 17.3 Å². The van der Waals surface area contributed by atoms with Crippen molar-refractivity contribution in [1.82, 2.24) is 15.6 Å².